The minimum absolute atomic E-state index is 0.720. The van der Waals surface area contributed by atoms with Gasteiger partial charge >= 0.3 is 0 Å². The van der Waals surface area contributed by atoms with Crippen molar-refractivity contribution in [2.75, 3.05) is 5.73 Å². The van der Waals surface area contributed by atoms with Crippen LogP contribution in [0.4, 0.5) is 5.69 Å². The van der Waals surface area contributed by atoms with Crippen LogP contribution in [-0.4, -0.2) is 15.0 Å². The molecule has 16 heavy (non-hydrogen) atoms. The van der Waals surface area contributed by atoms with E-state index in [1.165, 1.54) is 0 Å². The number of para-hydroxylation sites is 1. The van der Waals surface area contributed by atoms with Crippen molar-refractivity contribution in [3.8, 4) is 5.69 Å². The van der Waals surface area contributed by atoms with Gasteiger partial charge in [-0.2, -0.15) is 0 Å². The van der Waals surface area contributed by atoms with Crippen molar-refractivity contribution < 1.29 is 0 Å². The average Bonchev–Trinajstić information content (AvgIpc) is 2.72. The van der Waals surface area contributed by atoms with Gasteiger partial charge in [0, 0.05) is 5.69 Å². The summed E-state index contributed by atoms with van der Waals surface area (Å²) in [5, 5.41) is 8.21. The zero-order valence-corrected chi connectivity index (χ0v) is 8.54. The van der Waals surface area contributed by atoms with E-state index in [0.717, 1.165) is 22.4 Å². The minimum Gasteiger partial charge on any atom is -0.399 e. The van der Waals surface area contributed by atoms with E-state index >= 15 is 0 Å². The fourth-order valence-electron chi connectivity index (χ4n) is 1.72. The van der Waals surface area contributed by atoms with E-state index in [1.54, 1.807) is 4.68 Å². The topological polar surface area (TPSA) is 56.7 Å². The molecule has 1 aromatic heterocycles. The second-order valence-corrected chi connectivity index (χ2v) is 3.58. The highest BCUT2D eigenvalue weighted by molar-refractivity contribution is 5.76. The first-order valence-electron chi connectivity index (χ1n) is 5.01. The number of benzene rings is 2. The molecule has 78 valence electrons. The molecule has 0 radical (unpaired) electrons. The number of hydrogen-bond donors (Lipinski definition) is 1. The predicted molar refractivity (Wildman–Crippen MR) is 63.3 cm³/mol. The number of nitrogen functional groups attached to an aromatic ring is 1. The van der Waals surface area contributed by atoms with E-state index in [-0.39, 0.29) is 0 Å². The Bertz CT molecular complexity index is 642. The summed E-state index contributed by atoms with van der Waals surface area (Å²) in [5.41, 5.74) is 9.25. The lowest BCUT2D eigenvalue weighted by atomic mass is 10.2. The lowest BCUT2D eigenvalue weighted by Gasteiger charge is -2.02. The van der Waals surface area contributed by atoms with Gasteiger partial charge in [0.05, 0.1) is 11.2 Å². The van der Waals surface area contributed by atoms with Gasteiger partial charge in [-0.25, -0.2) is 4.68 Å². The van der Waals surface area contributed by atoms with Crippen LogP contribution in [0.15, 0.2) is 48.5 Å². The fraction of sp³-hybridized carbons (Fsp3) is 0. The highest BCUT2D eigenvalue weighted by Crippen LogP contribution is 2.17. The van der Waals surface area contributed by atoms with Gasteiger partial charge in [-0.15, -0.1) is 5.10 Å². The number of fused-ring (bicyclic) bond motifs is 1. The molecule has 0 saturated carbocycles. The second kappa shape index (κ2) is 3.34. The summed E-state index contributed by atoms with van der Waals surface area (Å²) in [4.78, 5) is 0. The van der Waals surface area contributed by atoms with Crippen LogP contribution in [0.5, 0.6) is 0 Å². The van der Waals surface area contributed by atoms with Crippen LogP contribution in [0.2, 0.25) is 0 Å². The number of aromatic nitrogens is 3. The molecule has 0 aliphatic heterocycles. The predicted octanol–water partition coefficient (Wildman–Crippen LogP) is 2.00. The van der Waals surface area contributed by atoms with Gasteiger partial charge in [0.25, 0.3) is 0 Å². The number of nitrogens with two attached hydrogens (primary N) is 1. The highest BCUT2D eigenvalue weighted by atomic mass is 15.4. The maximum absolute atomic E-state index is 5.75. The lowest BCUT2D eigenvalue weighted by Crippen LogP contribution is -1.97. The minimum atomic E-state index is 0.720. The van der Waals surface area contributed by atoms with Gasteiger partial charge in [0.15, 0.2) is 0 Å². The molecule has 0 unspecified atom stereocenters. The number of nitrogens with zero attached hydrogens (tertiary/aromatic N) is 3. The van der Waals surface area contributed by atoms with E-state index in [2.05, 4.69) is 10.3 Å². The third-order valence-electron chi connectivity index (χ3n) is 2.47. The van der Waals surface area contributed by atoms with Gasteiger partial charge in [-0.1, -0.05) is 23.4 Å². The van der Waals surface area contributed by atoms with E-state index in [0.29, 0.717) is 0 Å². The zero-order valence-electron chi connectivity index (χ0n) is 8.54. The van der Waals surface area contributed by atoms with Crippen molar-refractivity contribution in [2.24, 2.45) is 0 Å². The summed E-state index contributed by atoms with van der Waals surface area (Å²) in [6.45, 7) is 0. The molecule has 4 nitrogen and oxygen atoms in total. The SMILES string of the molecule is Nc1cccc(-n2nnc3ccccc32)c1. The molecule has 2 N–H and O–H groups in total. The standard InChI is InChI=1S/C12H10N4/c13-9-4-3-5-10(8-9)16-12-7-2-1-6-11(12)14-15-16/h1-8H,13H2. The maximum atomic E-state index is 5.75. The summed E-state index contributed by atoms with van der Waals surface area (Å²) in [6.07, 6.45) is 0. The van der Waals surface area contributed by atoms with Gasteiger partial charge in [0.1, 0.15) is 5.52 Å². The maximum Gasteiger partial charge on any atom is 0.113 e. The molecule has 0 saturated heterocycles. The third-order valence-corrected chi connectivity index (χ3v) is 2.47. The molecule has 1 heterocycles. The Morgan fingerprint density at radius 3 is 2.75 bits per heavy atom. The second-order valence-electron chi connectivity index (χ2n) is 3.58. The molecule has 4 heteroatoms. The Morgan fingerprint density at radius 1 is 1.00 bits per heavy atom. The fourth-order valence-corrected chi connectivity index (χ4v) is 1.72. The summed E-state index contributed by atoms with van der Waals surface area (Å²) in [5.74, 6) is 0. The molecule has 3 rings (SSSR count). The normalized spacial score (nSPS) is 10.8. The average molecular weight is 210 g/mol. The molecule has 0 spiro atoms. The summed E-state index contributed by atoms with van der Waals surface area (Å²) >= 11 is 0. The molecule has 0 amide bonds. The molecule has 0 atom stereocenters. The zero-order chi connectivity index (χ0) is 11.0. The molecule has 3 aromatic rings. The van der Waals surface area contributed by atoms with E-state index < -0.39 is 0 Å². The molecular weight excluding hydrogens is 200 g/mol. The summed E-state index contributed by atoms with van der Waals surface area (Å²) < 4.78 is 1.78. The van der Waals surface area contributed by atoms with Crippen LogP contribution in [0.3, 0.4) is 0 Å². The number of rotatable bonds is 1. The van der Waals surface area contributed by atoms with Crippen LogP contribution < -0.4 is 5.73 Å². The van der Waals surface area contributed by atoms with Gasteiger partial charge in [-0.05, 0) is 30.3 Å². The van der Waals surface area contributed by atoms with E-state index in [4.69, 9.17) is 5.73 Å². The van der Waals surface area contributed by atoms with Crippen LogP contribution in [-0.2, 0) is 0 Å². The Hall–Kier alpha value is -2.36. The number of anilines is 1. The van der Waals surface area contributed by atoms with Crippen molar-refractivity contribution in [1.29, 1.82) is 0 Å². The van der Waals surface area contributed by atoms with Crippen molar-refractivity contribution in [3.63, 3.8) is 0 Å². The highest BCUT2D eigenvalue weighted by Gasteiger charge is 2.04. The summed E-state index contributed by atoms with van der Waals surface area (Å²) in [7, 11) is 0. The van der Waals surface area contributed by atoms with Crippen molar-refractivity contribution in [1.82, 2.24) is 15.0 Å². The first kappa shape index (κ1) is 8.91. The molecule has 0 aliphatic rings. The van der Waals surface area contributed by atoms with Crippen molar-refractivity contribution in [3.05, 3.63) is 48.5 Å². The van der Waals surface area contributed by atoms with Crippen LogP contribution in [0, 0.1) is 0 Å². The largest absolute Gasteiger partial charge is 0.399 e. The smallest absolute Gasteiger partial charge is 0.113 e. The Labute approximate surface area is 92.3 Å². The first-order chi connectivity index (χ1) is 7.84. The molecule has 0 fully saturated rings. The molecular formula is C12H10N4. The Kier molecular flexibility index (Phi) is 1.86. The number of hydrogen-bond acceptors (Lipinski definition) is 3. The molecule has 0 aliphatic carbocycles. The first-order valence-corrected chi connectivity index (χ1v) is 5.01. The van der Waals surface area contributed by atoms with E-state index in [1.807, 2.05) is 48.5 Å². The monoisotopic (exact) mass is 210 g/mol. The quantitative estimate of drug-likeness (QED) is 0.625. The summed E-state index contributed by atoms with van der Waals surface area (Å²) in [6, 6.07) is 15.4. The van der Waals surface area contributed by atoms with Crippen molar-refractivity contribution in [2.45, 2.75) is 0 Å². The lowest BCUT2D eigenvalue weighted by molar-refractivity contribution is 0.824. The Morgan fingerprint density at radius 2 is 1.88 bits per heavy atom. The van der Waals surface area contributed by atoms with E-state index in [9.17, 15) is 0 Å². The Balaban J connectivity index is 2.26. The third kappa shape index (κ3) is 1.32. The van der Waals surface area contributed by atoms with Crippen molar-refractivity contribution >= 4 is 16.7 Å². The van der Waals surface area contributed by atoms with Gasteiger partial charge in [0.2, 0.25) is 0 Å². The van der Waals surface area contributed by atoms with Crippen LogP contribution >= 0.6 is 0 Å². The molecule has 2 aromatic carbocycles. The molecule has 0 bridgehead atoms. The van der Waals surface area contributed by atoms with Gasteiger partial charge < -0.3 is 5.73 Å². The van der Waals surface area contributed by atoms with Crippen LogP contribution in [0.25, 0.3) is 16.7 Å². The van der Waals surface area contributed by atoms with Crippen LogP contribution in [0.1, 0.15) is 0 Å². The van der Waals surface area contributed by atoms with Gasteiger partial charge in [-0.3, -0.25) is 0 Å².